The first-order chi connectivity index (χ1) is 9.20. The first kappa shape index (κ1) is 12.8. The van der Waals surface area contributed by atoms with Gasteiger partial charge in [0.25, 0.3) is 5.91 Å². The standard InChI is InChI=1S/C14H13N3O2/c1-10-8-12(17-14(18)9-16-19)2-3-13(10)11-4-6-15-7-5-11/h2-9,19H,1H3,(H,17,18). The molecular weight excluding hydrogens is 242 g/mol. The van der Waals surface area contributed by atoms with Gasteiger partial charge < -0.3 is 10.5 Å². The molecule has 1 amide bonds. The number of carbonyl (C=O) groups excluding carboxylic acids is 1. The van der Waals surface area contributed by atoms with Crippen LogP contribution in [0.4, 0.5) is 5.69 Å². The van der Waals surface area contributed by atoms with Crippen LogP contribution in [0.1, 0.15) is 5.56 Å². The normalized spacial score (nSPS) is 10.6. The van der Waals surface area contributed by atoms with Crippen molar-refractivity contribution in [3.63, 3.8) is 0 Å². The minimum atomic E-state index is -0.474. The van der Waals surface area contributed by atoms with Crippen molar-refractivity contribution in [1.82, 2.24) is 4.98 Å². The number of aryl methyl sites for hydroxylation is 1. The Morgan fingerprint density at radius 3 is 2.68 bits per heavy atom. The minimum absolute atomic E-state index is 0.474. The Labute approximate surface area is 110 Å². The van der Waals surface area contributed by atoms with Crippen LogP contribution in [-0.4, -0.2) is 22.3 Å². The maximum absolute atomic E-state index is 11.2. The maximum atomic E-state index is 11.2. The SMILES string of the molecule is Cc1cc(NC(=O)C=NO)ccc1-c1ccncc1. The second-order valence-corrected chi connectivity index (χ2v) is 4.00. The number of hydrogen-bond acceptors (Lipinski definition) is 4. The molecule has 0 aliphatic carbocycles. The Hall–Kier alpha value is -2.69. The van der Waals surface area contributed by atoms with Gasteiger partial charge in [0.15, 0.2) is 0 Å². The van der Waals surface area contributed by atoms with E-state index >= 15 is 0 Å². The molecule has 0 spiro atoms. The van der Waals surface area contributed by atoms with Gasteiger partial charge in [-0.3, -0.25) is 9.78 Å². The van der Waals surface area contributed by atoms with Crippen LogP contribution in [0, 0.1) is 6.92 Å². The number of pyridine rings is 1. The van der Waals surface area contributed by atoms with Gasteiger partial charge >= 0.3 is 0 Å². The van der Waals surface area contributed by atoms with E-state index in [0.29, 0.717) is 5.69 Å². The summed E-state index contributed by atoms with van der Waals surface area (Å²) in [6.07, 6.45) is 4.29. The lowest BCUT2D eigenvalue weighted by atomic mass is 10.0. The average Bonchev–Trinajstić information content (AvgIpc) is 2.40. The number of amides is 1. The van der Waals surface area contributed by atoms with Gasteiger partial charge in [0.05, 0.1) is 0 Å². The minimum Gasteiger partial charge on any atom is -0.411 e. The van der Waals surface area contributed by atoms with Gasteiger partial charge in [0.1, 0.15) is 6.21 Å². The van der Waals surface area contributed by atoms with Gasteiger partial charge in [-0.2, -0.15) is 0 Å². The molecule has 2 aromatic rings. The van der Waals surface area contributed by atoms with E-state index in [4.69, 9.17) is 5.21 Å². The van der Waals surface area contributed by atoms with Crippen molar-refractivity contribution in [3.05, 3.63) is 48.3 Å². The van der Waals surface area contributed by atoms with E-state index in [-0.39, 0.29) is 0 Å². The predicted octanol–water partition coefficient (Wildman–Crippen LogP) is 2.46. The lowest BCUT2D eigenvalue weighted by molar-refractivity contribution is -0.110. The van der Waals surface area contributed by atoms with Gasteiger partial charge in [-0.1, -0.05) is 11.2 Å². The number of anilines is 1. The number of benzene rings is 1. The molecule has 96 valence electrons. The highest BCUT2D eigenvalue weighted by Crippen LogP contribution is 2.25. The molecule has 0 saturated carbocycles. The van der Waals surface area contributed by atoms with Crippen LogP contribution in [0.3, 0.4) is 0 Å². The first-order valence-electron chi connectivity index (χ1n) is 5.70. The number of rotatable bonds is 3. The van der Waals surface area contributed by atoms with Crippen molar-refractivity contribution in [2.24, 2.45) is 5.16 Å². The van der Waals surface area contributed by atoms with E-state index < -0.39 is 5.91 Å². The van der Waals surface area contributed by atoms with Crippen molar-refractivity contribution >= 4 is 17.8 Å². The average molecular weight is 255 g/mol. The molecule has 19 heavy (non-hydrogen) atoms. The zero-order valence-corrected chi connectivity index (χ0v) is 10.4. The molecule has 2 N–H and O–H groups in total. The van der Waals surface area contributed by atoms with Crippen LogP contribution < -0.4 is 5.32 Å². The Morgan fingerprint density at radius 1 is 1.32 bits per heavy atom. The molecule has 0 fully saturated rings. The molecule has 0 bridgehead atoms. The van der Waals surface area contributed by atoms with E-state index in [1.165, 1.54) is 0 Å². The second kappa shape index (κ2) is 5.77. The molecule has 0 aliphatic rings. The zero-order valence-electron chi connectivity index (χ0n) is 10.4. The molecule has 0 unspecified atom stereocenters. The molecule has 1 aromatic carbocycles. The van der Waals surface area contributed by atoms with Crippen LogP contribution in [0.15, 0.2) is 47.9 Å². The molecule has 0 atom stereocenters. The molecule has 2 rings (SSSR count). The molecule has 5 heteroatoms. The summed E-state index contributed by atoms with van der Waals surface area (Å²) < 4.78 is 0. The first-order valence-corrected chi connectivity index (χ1v) is 5.70. The van der Waals surface area contributed by atoms with Crippen molar-refractivity contribution in [2.45, 2.75) is 6.92 Å². The van der Waals surface area contributed by atoms with E-state index in [1.807, 2.05) is 31.2 Å². The molecule has 1 aromatic heterocycles. The summed E-state index contributed by atoms with van der Waals surface area (Å²) >= 11 is 0. The molecule has 0 saturated heterocycles. The van der Waals surface area contributed by atoms with Crippen molar-refractivity contribution in [2.75, 3.05) is 5.32 Å². The van der Waals surface area contributed by atoms with E-state index in [9.17, 15) is 4.79 Å². The van der Waals surface area contributed by atoms with Gasteiger partial charge in [-0.15, -0.1) is 0 Å². The summed E-state index contributed by atoms with van der Waals surface area (Å²) in [5, 5.41) is 13.5. The highest BCUT2D eigenvalue weighted by atomic mass is 16.4. The number of oxime groups is 1. The van der Waals surface area contributed by atoms with Gasteiger partial charge in [-0.05, 0) is 47.9 Å². The third kappa shape index (κ3) is 3.16. The number of nitrogens with one attached hydrogen (secondary N) is 1. The Morgan fingerprint density at radius 2 is 2.05 bits per heavy atom. The molecule has 5 nitrogen and oxygen atoms in total. The van der Waals surface area contributed by atoms with Gasteiger partial charge in [0, 0.05) is 18.1 Å². The van der Waals surface area contributed by atoms with Crippen molar-refractivity contribution in [1.29, 1.82) is 0 Å². The van der Waals surface area contributed by atoms with Crippen LogP contribution >= 0.6 is 0 Å². The number of hydrogen-bond donors (Lipinski definition) is 2. The monoisotopic (exact) mass is 255 g/mol. The lowest BCUT2D eigenvalue weighted by Crippen LogP contribution is -2.12. The van der Waals surface area contributed by atoms with Crippen molar-refractivity contribution < 1.29 is 10.0 Å². The summed E-state index contributed by atoms with van der Waals surface area (Å²) in [5.41, 5.74) is 3.84. The second-order valence-electron chi connectivity index (χ2n) is 4.00. The highest BCUT2D eigenvalue weighted by Gasteiger charge is 2.04. The van der Waals surface area contributed by atoms with Crippen LogP contribution in [-0.2, 0) is 4.79 Å². The van der Waals surface area contributed by atoms with Gasteiger partial charge in [-0.25, -0.2) is 0 Å². The summed E-state index contributed by atoms with van der Waals surface area (Å²) in [6.45, 7) is 1.96. The van der Waals surface area contributed by atoms with E-state index in [0.717, 1.165) is 22.9 Å². The third-order valence-corrected chi connectivity index (χ3v) is 2.66. The predicted molar refractivity (Wildman–Crippen MR) is 73.3 cm³/mol. The van der Waals surface area contributed by atoms with E-state index in [2.05, 4.69) is 15.5 Å². The molecule has 1 heterocycles. The molecular formula is C14H13N3O2. The van der Waals surface area contributed by atoms with Crippen LogP contribution in [0.2, 0.25) is 0 Å². The Kier molecular flexibility index (Phi) is 3.87. The largest absolute Gasteiger partial charge is 0.411 e. The lowest BCUT2D eigenvalue weighted by Gasteiger charge is -2.08. The topological polar surface area (TPSA) is 74.6 Å². The summed E-state index contributed by atoms with van der Waals surface area (Å²) in [5.74, 6) is -0.474. The van der Waals surface area contributed by atoms with Crippen LogP contribution in [0.25, 0.3) is 11.1 Å². The maximum Gasteiger partial charge on any atom is 0.270 e. The van der Waals surface area contributed by atoms with Crippen LogP contribution in [0.5, 0.6) is 0 Å². The Bertz CT molecular complexity index is 609. The number of nitrogens with zero attached hydrogens (tertiary/aromatic N) is 2. The van der Waals surface area contributed by atoms with E-state index in [1.54, 1.807) is 18.5 Å². The zero-order chi connectivity index (χ0) is 13.7. The number of carbonyl (C=O) groups is 1. The number of aromatic nitrogens is 1. The highest BCUT2D eigenvalue weighted by molar-refractivity contribution is 6.31. The molecule has 0 aliphatic heterocycles. The van der Waals surface area contributed by atoms with Crippen molar-refractivity contribution in [3.8, 4) is 11.1 Å². The smallest absolute Gasteiger partial charge is 0.270 e. The molecule has 0 radical (unpaired) electrons. The fourth-order valence-electron chi connectivity index (χ4n) is 1.82. The fourth-order valence-corrected chi connectivity index (χ4v) is 1.82. The summed E-state index contributed by atoms with van der Waals surface area (Å²) in [7, 11) is 0. The van der Waals surface area contributed by atoms with Gasteiger partial charge in [0.2, 0.25) is 0 Å². The fraction of sp³-hybridized carbons (Fsp3) is 0.0714. The Balaban J connectivity index is 2.25. The quantitative estimate of drug-likeness (QED) is 0.502. The third-order valence-electron chi connectivity index (χ3n) is 2.66. The summed E-state index contributed by atoms with van der Waals surface area (Å²) in [6, 6.07) is 9.44. The summed E-state index contributed by atoms with van der Waals surface area (Å²) in [4.78, 5) is 15.2.